The Morgan fingerprint density at radius 3 is 3.10 bits per heavy atom. The minimum Gasteiger partial charge on any atom is -0.317 e. The molecule has 0 saturated carbocycles. The first-order valence-corrected chi connectivity index (χ1v) is 10.4. The molecule has 0 bridgehead atoms. The molecule has 29 heavy (non-hydrogen) atoms. The molecule has 0 fully saturated rings. The second-order valence-electron chi connectivity index (χ2n) is 6.77. The Kier molecular flexibility index (Phi) is 4.43. The highest BCUT2D eigenvalue weighted by molar-refractivity contribution is 7.13. The fourth-order valence-electron chi connectivity index (χ4n) is 3.39. The van der Waals surface area contributed by atoms with Crippen molar-refractivity contribution in [2.24, 2.45) is 0 Å². The van der Waals surface area contributed by atoms with E-state index in [1.807, 2.05) is 13.1 Å². The van der Waals surface area contributed by atoms with Crippen molar-refractivity contribution in [3.63, 3.8) is 0 Å². The first-order valence-electron chi connectivity index (χ1n) is 9.49. The highest BCUT2D eigenvalue weighted by Crippen LogP contribution is 2.29. The molecule has 11 heteroatoms. The van der Waals surface area contributed by atoms with Crippen molar-refractivity contribution in [2.45, 2.75) is 39.3 Å². The minimum absolute atomic E-state index is 0.286. The lowest BCUT2D eigenvalue weighted by Gasteiger charge is -2.14. The van der Waals surface area contributed by atoms with E-state index in [4.69, 9.17) is 0 Å². The summed E-state index contributed by atoms with van der Waals surface area (Å²) >= 11 is 1.40. The van der Waals surface area contributed by atoms with Gasteiger partial charge in [0.2, 0.25) is 0 Å². The molecule has 5 rings (SSSR count). The van der Waals surface area contributed by atoms with E-state index >= 15 is 0 Å². The number of aromatic nitrogens is 8. The summed E-state index contributed by atoms with van der Waals surface area (Å²) in [6.45, 7) is 3.55. The summed E-state index contributed by atoms with van der Waals surface area (Å²) in [5.41, 5.74) is 2.44. The molecule has 4 aromatic rings. The highest BCUT2D eigenvalue weighted by atomic mass is 32.1. The van der Waals surface area contributed by atoms with Gasteiger partial charge in [-0.2, -0.15) is 10.2 Å². The number of nitrogens with zero attached hydrogens (tertiary/aromatic N) is 7. The molecule has 148 valence electrons. The van der Waals surface area contributed by atoms with Crippen LogP contribution in [0.4, 0.5) is 5.69 Å². The molecule has 0 aliphatic carbocycles. The molecule has 5 heterocycles. The Morgan fingerprint density at radius 1 is 1.34 bits per heavy atom. The van der Waals surface area contributed by atoms with Crippen LogP contribution in [0.15, 0.2) is 24.0 Å². The number of H-pyrrole nitrogens is 1. The zero-order valence-corrected chi connectivity index (χ0v) is 16.6. The molecule has 0 spiro atoms. The number of aromatic amines is 1. The van der Waals surface area contributed by atoms with Gasteiger partial charge in [0.25, 0.3) is 5.91 Å². The predicted molar refractivity (Wildman–Crippen MR) is 108 cm³/mol. The van der Waals surface area contributed by atoms with Crippen molar-refractivity contribution in [1.82, 2.24) is 39.7 Å². The van der Waals surface area contributed by atoms with Crippen molar-refractivity contribution in [1.29, 1.82) is 0 Å². The topological polar surface area (TPSA) is 119 Å². The summed E-state index contributed by atoms with van der Waals surface area (Å²) in [6, 6.07) is 0. The van der Waals surface area contributed by atoms with Crippen LogP contribution in [-0.2, 0) is 19.5 Å². The Labute approximate surface area is 170 Å². The Morgan fingerprint density at radius 2 is 2.28 bits per heavy atom. The van der Waals surface area contributed by atoms with Crippen molar-refractivity contribution in [3.8, 4) is 22.1 Å². The summed E-state index contributed by atoms with van der Waals surface area (Å²) in [5.74, 6) is 1.38. The molecule has 0 saturated heterocycles. The molecular weight excluding hydrogens is 390 g/mol. The van der Waals surface area contributed by atoms with Crippen molar-refractivity contribution >= 4 is 22.9 Å². The number of fused-ring (bicyclic) bond motifs is 1. The summed E-state index contributed by atoms with van der Waals surface area (Å²) < 4.78 is 3.88. The van der Waals surface area contributed by atoms with Gasteiger partial charge in [-0.3, -0.25) is 14.6 Å². The predicted octanol–water partition coefficient (Wildman–Crippen LogP) is 2.60. The quantitative estimate of drug-likeness (QED) is 0.523. The number of carbonyl (C=O) groups excluding carboxylic acids is 1. The Balaban J connectivity index is 1.45. The average molecular weight is 409 g/mol. The van der Waals surface area contributed by atoms with Gasteiger partial charge in [0.15, 0.2) is 11.5 Å². The third kappa shape index (κ3) is 3.23. The number of hydrogen-bond donors (Lipinski definition) is 2. The largest absolute Gasteiger partial charge is 0.317 e. The van der Waals surface area contributed by atoms with E-state index in [2.05, 4.69) is 40.4 Å². The van der Waals surface area contributed by atoms with E-state index in [0.717, 1.165) is 42.2 Å². The van der Waals surface area contributed by atoms with Crippen LogP contribution >= 0.6 is 11.3 Å². The molecule has 0 atom stereocenters. The van der Waals surface area contributed by atoms with Crippen LogP contribution < -0.4 is 5.32 Å². The number of carbonyl (C=O) groups is 1. The zero-order chi connectivity index (χ0) is 19.8. The first-order chi connectivity index (χ1) is 14.2. The number of amides is 1. The van der Waals surface area contributed by atoms with E-state index in [1.54, 1.807) is 22.5 Å². The number of anilines is 1. The molecule has 0 unspecified atom stereocenters. The maximum atomic E-state index is 12.8. The lowest BCUT2D eigenvalue weighted by molar-refractivity contribution is 0.102. The molecule has 1 aliphatic heterocycles. The summed E-state index contributed by atoms with van der Waals surface area (Å²) in [6.07, 6.45) is 8.37. The third-order valence-electron chi connectivity index (χ3n) is 4.89. The number of nitrogens with one attached hydrogen (secondary N) is 2. The van der Waals surface area contributed by atoms with Crippen LogP contribution in [0.25, 0.3) is 22.1 Å². The Hall–Kier alpha value is -3.34. The maximum Gasteiger partial charge on any atom is 0.275 e. The highest BCUT2D eigenvalue weighted by Gasteiger charge is 2.23. The molecule has 1 aliphatic rings. The third-order valence-corrected chi connectivity index (χ3v) is 5.78. The van der Waals surface area contributed by atoms with E-state index in [-0.39, 0.29) is 5.91 Å². The van der Waals surface area contributed by atoms with Crippen LogP contribution in [0.5, 0.6) is 0 Å². The van der Waals surface area contributed by atoms with Gasteiger partial charge in [-0.05, 0) is 19.8 Å². The van der Waals surface area contributed by atoms with Crippen LogP contribution in [0, 0.1) is 0 Å². The van der Waals surface area contributed by atoms with Crippen LogP contribution in [0.1, 0.15) is 36.1 Å². The molecule has 10 nitrogen and oxygen atoms in total. The number of aryl methyl sites for hydroxylation is 2. The van der Waals surface area contributed by atoms with Gasteiger partial charge in [0, 0.05) is 42.8 Å². The first kappa shape index (κ1) is 17.7. The minimum atomic E-state index is -0.286. The average Bonchev–Trinajstić information content (AvgIpc) is 3.53. The second-order valence-corrected chi connectivity index (χ2v) is 7.63. The smallest absolute Gasteiger partial charge is 0.275 e. The second kappa shape index (κ2) is 7.24. The monoisotopic (exact) mass is 409 g/mol. The molecule has 4 aromatic heterocycles. The lowest BCUT2D eigenvalue weighted by atomic mass is 10.1. The van der Waals surface area contributed by atoms with Gasteiger partial charge in [0.05, 0.1) is 11.9 Å². The normalized spacial score (nSPS) is 13.4. The van der Waals surface area contributed by atoms with Gasteiger partial charge in [-0.15, -0.1) is 21.5 Å². The van der Waals surface area contributed by atoms with E-state index in [0.29, 0.717) is 29.4 Å². The van der Waals surface area contributed by atoms with Crippen molar-refractivity contribution in [3.05, 3.63) is 35.5 Å². The van der Waals surface area contributed by atoms with Crippen molar-refractivity contribution in [2.75, 3.05) is 5.32 Å². The Bertz CT molecular complexity index is 1150. The van der Waals surface area contributed by atoms with Gasteiger partial charge < -0.3 is 9.88 Å². The van der Waals surface area contributed by atoms with Crippen LogP contribution in [0.2, 0.25) is 0 Å². The van der Waals surface area contributed by atoms with Gasteiger partial charge in [-0.1, -0.05) is 0 Å². The SMILES string of the molecule is CCn1cc(NC(=O)c2csc(-c3cn[nH]c3)n2)c(-c2nnc3n2CCCC3)n1. The van der Waals surface area contributed by atoms with Crippen molar-refractivity contribution < 1.29 is 4.79 Å². The van der Waals surface area contributed by atoms with Gasteiger partial charge in [0.1, 0.15) is 16.5 Å². The standard InChI is InChI=1S/C18H19N9OS/c1-2-26-9-12(15(25-26)16-24-23-14-5-3-4-6-27(14)16)21-17(28)13-10-29-18(22-13)11-7-19-20-8-11/h7-10H,2-6H2,1H3,(H,19,20)(H,21,28). The molecule has 2 N–H and O–H groups in total. The van der Waals surface area contributed by atoms with Crippen LogP contribution in [0.3, 0.4) is 0 Å². The van der Waals surface area contributed by atoms with Crippen LogP contribution in [-0.4, -0.2) is 45.6 Å². The number of rotatable bonds is 5. The van der Waals surface area contributed by atoms with Gasteiger partial charge in [-0.25, -0.2) is 4.98 Å². The molecule has 1 amide bonds. The summed E-state index contributed by atoms with van der Waals surface area (Å²) in [5, 5.41) is 25.4. The summed E-state index contributed by atoms with van der Waals surface area (Å²) in [7, 11) is 0. The zero-order valence-electron chi connectivity index (χ0n) is 15.8. The fourth-order valence-corrected chi connectivity index (χ4v) is 4.17. The van der Waals surface area contributed by atoms with E-state index < -0.39 is 0 Å². The molecule has 0 radical (unpaired) electrons. The number of thiazole rings is 1. The number of hydrogen-bond acceptors (Lipinski definition) is 7. The van der Waals surface area contributed by atoms with Gasteiger partial charge >= 0.3 is 0 Å². The van der Waals surface area contributed by atoms with E-state index in [1.165, 1.54) is 11.3 Å². The molecule has 0 aromatic carbocycles. The lowest BCUT2D eigenvalue weighted by Crippen LogP contribution is -2.14. The molecular formula is C18H19N9OS. The summed E-state index contributed by atoms with van der Waals surface area (Å²) in [4.78, 5) is 17.3. The maximum absolute atomic E-state index is 12.8. The fraction of sp³-hybridized carbons (Fsp3) is 0.333. The van der Waals surface area contributed by atoms with E-state index in [9.17, 15) is 4.79 Å².